The molecule has 0 spiro atoms. The van der Waals surface area contributed by atoms with Gasteiger partial charge in [-0.3, -0.25) is 0 Å². The highest BCUT2D eigenvalue weighted by molar-refractivity contribution is 5.14. The summed E-state index contributed by atoms with van der Waals surface area (Å²) in [7, 11) is 0. The monoisotopic (exact) mass is 178 g/mol. The molecule has 2 unspecified atom stereocenters. The van der Waals surface area contributed by atoms with Crippen LogP contribution in [0.4, 0.5) is 0 Å². The Bertz CT molecular complexity index is 213. The maximum absolute atomic E-state index is 9.76. The fourth-order valence-electron chi connectivity index (χ4n) is 1.47. The minimum absolute atomic E-state index is 0.199. The van der Waals surface area contributed by atoms with Gasteiger partial charge in [0.1, 0.15) is 0 Å². The van der Waals surface area contributed by atoms with Crippen LogP contribution in [0.5, 0.6) is 0 Å². The molecule has 1 N–H and O–H groups in total. The van der Waals surface area contributed by atoms with Crippen molar-refractivity contribution in [2.75, 3.05) is 0 Å². The van der Waals surface area contributed by atoms with Gasteiger partial charge < -0.3 is 5.11 Å². The van der Waals surface area contributed by atoms with Crippen LogP contribution in [0.2, 0.25) is 0 Å². The predicted octanol–water partition coefficient (Wildman–Crippen LogP) is 2.84. The van der Waals surface area contributed by atoms with E-state index in [9.17, 15) is 5.11 Å². The number of allylic oxidation sites excluding steroid dienone is 4. The Morgan fingerprint density at radius 3 is 2.92 bits per heavy atom. The number of hydrogen-bond donors (Lipinski definition) is 1. The second-order valence-corrected chi connectivity index (χ2v) is 3.41. The average molecular weight is 178 g/mol. The summed E-state index contributed by atoms with van der Waals surface area (Å²) in [4.78, 5) is 0. The van der Waals surface area contributed by atoms with Crippen LogP contribution in [0.15, 0.2) is 36.5 Å². The van der Waals surface area contributed by atoms with E-state index in [4.69, 9.17) is 0 Å². The lowest BCUT2D eigenvalue weighted by Crippen LogP contribution is -2.16. The first-order chi connectivity index (χ1) is 6.34. The summed E-state index contributed by atoms with van der Waals surface area (Å²) in [5.74, 6) is 0.199. The average Bonchev–Trinajstić information content (AvgIpc) is 2.03. The van der Waals surface area contributed by atoms with Crippen molar-refractivity contribution in [3.05, 3.63) is 36.5 Å². The number of aliphatic hydroxyl groups excluding tert-OH is 1. The zero-order valence-electron chi connectivity index (χ0n) is 8.19. The predicted molar refractivity (Wildman–Crippen MR) is 56.4 cm³/mol. The van der Waals surface area contributed by atoms with Gasteiger partial charge in [0.15, 0.2) is 0 Å². The van der Waals surface area contributed by atoms with Crippen molar-refractivity contribution in [2.45, 2.75) is 32.3 Å². The van der Waals surface area contributed by atoms with E-state index in [2.05, 4.69) is 31.2 Å². The summed E-state index contributed by atoms with van der Waals surface area (Å²) >= 11 is 0. The standard InChI is InChI=1S/C12H18O/c1-2-8-12(13)11-9-6-4-3-5-7-10-11/h3-4,6-7,9-13H,2,5,8H2,1H3/b4-3-,9-6-,10-7-. The Labute approximate surface area is 80.5 Å². The highest BCUT2D eigenvalue weighted by atomic mass is 16.3. The third kappa shape index (κ3) is 3.60. The van der Waals surface area contributed by atoms with Gasteiger partial charge in [-0.2, -0.15) is 0 Å². The first-order valence-electron chi connectivity index (χ1n) is 5.02. The van der Waals surface area contributed by atoms with Crippen molar-refractivity contribution in [2.24, 2.45) is 5.92 Å². The normalized spacial score (nSPS) is 31.4. The van der Waals surface area contributed by atoms with Crippen LogP contribution < -0.4 is 0 Å². The van der Waals surface area contributed by atoms with Gasteiger partial charge in [0.05, 0.1) is 6.10 Å². The number of aliphatic hydroxyl groups is 1. The third-order valence-corrected chi connectivity index (χ3v) is 2.24. The van der Waals surface area contributed by atoms with E-state index in [0.717, 1.165) is 19.3 Å². The first-order valence-corrected chi connectivity index (χ1v) is 5.02. The van der Waals surface area contributed by atoms with Gasteiger partial charge in [-0.1, -0.05) is 49.8 Å². The van der Waals surface area contributed by atoms with Gasteiger partial charge in [0.25, 0.3) is 0 Å². The Morgan fingerprint density at radius 1 is 1.31 bits per heavy atom. The molecule has 72 valence electrons. The van der Waals surface area contributed by atoms with E-state index in [1.807, 2.05) is 12.2 Å². The lowest BCUT2D eigenvalue weighted by molar-refractivity contribution is 0.138. The number of hydrogen-bond acceptors (Lipinski definition) is 1. The summed E-state index contributed by atoms with van der Waals surface area (Å²) in [5.41, 5.74) is 0. The van der Waals surface area contributed by atoms with Crippen LogP contribution in [0.3, 0.4) is 0 Å². The molecule has 0 aromatic carbocycles. The minimum atomic E-state index is -0.219. The minimum Gasteiger partial charge on any atom is -0.392 e. The van der Waals surface area contributed by atoms with Gasteiger partial charge in [-0.05, 0) is 12.8 Å². The van der Waals surface area contributed by atoms with Crippen LogP contribution in [0, 0.1) is 5.92 Å². The summed E-state index contributed by atoms with van der Waals surface area (Å²) in [5, 5.41) is 9.76. The van der Waals surface area contributed by atoms with Gasteiger partial charge in [0, 0.05) is 5.92 Å². The van der Waals surface area contributed by atoms with E-state index in [-0.39, 0.29) is 12.0 Å². The van der Waals surface area contributed by atoms with Crippen molar-refractivity contribution < 1.29 is 5.11 Å². The molecular weight excluding hydrogens is 160 g/mol. The van der Waals surface area contributed by atoms with E-state index in [1.54, 1.807) is 0 Å². The van der Waals surface area contributed by atoms with Crippen LogP contribution >= 0.6 is 0 Å². The van der Waals surface area contributed by atoms with E-state index < -0.39 is 0 Å². The molecule has 0 saturated carbocycles. The fraction of sp³-hybridized carbons (Fsp3) is 0.500. The molecule has 1 aliphatic rings. The second-order valence-electron chi connectivity index (χ2n) is 3.41. The molecular formula is C12H18O. The maximum Gasteiger partial charge on any atom is 0.0637 e. The van der Waals surface area contributed by atoms with Crippen molar-refractivity contribution in [1.82, 2.24) is 0 Å². The molecule has 0 bridgehead atoms. The molecule has 0 aliphatic heterocycles. The first kappa shape index (κ1) is 10.3. The summed E-state index contributed by atoms with van der Waals surface area (Å²) in [6.45, 7) is 2.10. The molecule has 1 aliphatic carbocycles. The molecule has 0 aromatic rings. The molecule has 0 fully saturated rings. The second kappa shape index (κ2) is 5.76. The van der Waals surface area contributed by atoms with E-state index in [0.29, 0.717) is 0 Å². The molecule has 0 radical (unpaired) electrons. The van der Waals surface area contributed by atoms with E-state index >= 15 is 0 Å². The fourth-order valence-corrected chi connectivity index (χ4v) is 1.47. The lowest BCUT2D eigenvalue weighted by atomic mass is 9.96. The Kier molecular flexibility index (Phi) is 4.55. The molecule has 13 heavy (non-hydrogen) atoms. The molecule has 0 amide bonds. The van der Waals surface area contributed by atoms with Gasteiger partial charge in [-0.25, -0.2) is 0 Å². The topological polar surface area (TPSA) is 20.2 Å². The summed E-state index contributed by atoms with van der Waals surface area (Å²) < 4.78 is 0. The third-order valence-electron chi connectivity index (χ3n) is 2.24. The van der Waals surface area contributed by atoms with Crippen molar-refractivity contribution in [3.63, 3.8) is 0 Å². The van der Waals surface area contributed by atoms with Gasteiger partial charge in [0.2, 0.25) is 0 Å². The molecule has 1 rings (SSSR count). The van der Waals surface area contributed by atoms with Crippen LogP contribution in [-0.4, -0.2) is 11.2 Å². The quantitative estimate of drug-likeness (QED) is 0.659. The number of rotatable bonds is 3. The zero-order chi connectivity index (χ0) is 9.52. The van der Waals surface area contributed by atoms with Crippen molar-refractivity contribution in [1.29, 1.82) is 0 Å². The highest BCUT2D eigenvalue weighted by Gasteiger charge is 2.11. The smallest absolute Gasteiger partial charge is 0.0637 e. The van der Waals surface area contributed by atoms with Crippen LogP contribution in [0.25, 0.3) is 0 Å². The van der Waals surface area contributed by atoms with Crippen molar-refractivity contribution in [3.8, 4) is 0 Å². The molecule has 2 atom stereocenters. The molecule has 1 heteroatoms. The largest absolute Gasteiger partial charge is 0.392 e. The highest BCUT2D eigenvalue weighted by Crippen LogP contribution is 2.14. The van der Waals surface area contributed by atoms with Gasteiger partial charge in [-0.15, -0.1) is 0 Å². The lowest BCUT2D eigenvalue weighted by Gasteiger charge is -2.15. The van der Waals surface area contributed by atoms with Crippen LogP contribution in [0.1, 0.15) is 26.2 Å². The Balaban J connectivity index is 2.56. The zero-order valence-corrected chi connectivity index (χ0v) is 8.19. The Morgan fingerprint density at radius 2 is 2.15 bits per heavy atom. The van der Waals surface area contributed by atoms with Crippen LogP contribution in [-0.2, 0) is 0 Å². The molecule has 1 nitrogen and oxygen atoms in total. The summed E-state index contributed by atoms with van der Waals surface area (Å²) in [6.07, 6.45) is 15.1. The van der Waals surface area contributed by atoms with E-state index in [1.165, 1.54) is 0 Å². The SMILES string of the molecule is CCCC(O)C1/C=C\C=C/C/C=C\1. The Hall–Kier alpha value is -0.820. The van der Waals surface area contributed by atoms with Crippen molar-refractivity contribution >= 4 is 0 Å². The molecule has 0 aromatic heterocycles. The molecule has 0 heterocycles. The summed E-state index contributed by atoms with van der Waals surface area (Å²) in [6, 6.07) is 0. The van der Waals surface area contributed by atoms with Gasteiger partial charge >= 0.3 is 0 Å². The maximum atomic E-state index is 9.76. The molecule has 0 saturated heterocycles.